The number of Topliss-reactive ketones (excluding diaryl/α,β-unsaturated/α-hetero) is 2. The Labute approximate surface area is 480 Å². The van der Waals surface area contributed by atoms with E-state index < -0.39 is 120 Å². The molecule has 0 saturated carbocycles. The summed E-state index contributed by atoms with van der Waals surface area (Å²) in [4.78, 5) is 160. The molecule has 3 fully saturated rings. The molecule has 1 aromatic carbocycles. The zero-order valence-electron chi connectivity index (χ0n) is 46.2. The van der Waals surface area contributed by atoms with Crippen LogP contribution in [0.4, 0.5) is 4.79 Å². The Kier molecular flexibility index (Phi) is 26.2. The smallest absolute Gasteiger partial charge is 0.312 e. The maximum atomic E-state index is 14.7. The summed E-state index contributed by atoms with van der Waals surface area (Å²) in [5, 5.41) is 29.5. The van der Waals surface area contributed by atoms with Gasteiger partial charge in [-0.15, -0.1) is 11.6 Å². The molecule has 26 heteroatoms. The van der Waals surface area contributed by atoms with Gasteiger partial charge in [0.05, 0.1) is 12.1 Å². The lowest BCUT2D eigenvalue weighted by Gasteiger charge is -2.37. The number of urea groups is 1. The van der Waals surface area contributed by atoms with Gasteiger partial charge in [0.1, 0.15) is 24.0 Å². The van der Waals surface area contributed by atoms with Gasteiger partial charge in [0.2, 0.25) is 47.3 Å². The second-order valence-corrected chi connectivity index (χ2v) is 23.0. The van der Waals surface area contributed by atoms with Crippen molar-refractivity contribution in [3.63, 3.8) is 0 Å². The van der Waals surface area contributed by atoms with Crippen LogP contribution in [0.2, 0.25) is 0 Å². The van der Waals surface area contributed by atoms with Crippen LogP contribution in [0, 0.1) is 17.8 Å². The third-order valence-corrected chi connectivity index (χ3v) is 17.0. The number of benzene rings is 1. The standard InChI is InChI=1S/C55H80ClN11O13S/c1-31(51(76)64-38(50(57)75)15-7-9-21-59-45(70)18-6-5-17-44-49-35(30-81-44)27-46(71)66-49)24-42(68)32(2)62-52(77)33(12-11-22-60-55(58)80)26-43(69)40(25-34-29-61-37-14-4-3-13-36(34)37)65-53(78)41-16-8-10-23-67(41)54(79)39(19-20-48(73)74)63-47(72)28-56/h3-4,13-14,29,31-33,35,38-41,44,49,61H,5-12,15-28,30H2,1-2H3,(H2,57,75)(H,59,70)(H,62,77)(H,63,72)(H,64,76)(H,65,78)(H,66,71)(H,73,74)(H3,58,60,80)/t31-,32+,33-,35-,38+,39+,40+,41+,44-,49-/m1/s1. The number of halogens is 1. The molecule has 0 radical (unpaired) electrons. The molecule has 446 valence electrons. The third kappa shape index (κ3) is 20.6. The van der Waals surface area contributed by atoms with Crippen LogP contribution in [0.15, 0.2) is 30.5 Å². The first-order valence-corrected chi connectivity index (χ1v) is 29.6. The summed E-state index contributed by atoms with van der Waals surface area (Å²) in [5.41, 5.74) is 12.3. The lowest BCUT2D eigenvalue weighted by atomic mass is 9.90. The molecule has 13 N–H and O–H groups in total. The Morgan fingerprint density at radius 3 is 2.27 bits per heavy atom. The molecule has 0 spiro atoms. The number of fused-ring (bicyclic) bond motifs is 2. The number of hydrogen-bond acceptors (Lipinski definition) is 13. The van der Waals surface area contributed by atoms with Gasteiger partial charge >= 0.3 is 12.0 Å². The van der Waals surface area contributed by atoms with Crippen LogP contribution >= 0.6 is 23.4 Å². The SMILES string of the molecule is C[C@H](CC(=O)[C@H](C)NC(=O)[C@H](CCCNC(N)=O)CC(=O)[C@H](Cc1c[nH]c2ccccc12)NC(=O)[C@@H]1CCCCN1C(=O)[C@H](CCC(=O)O)NC(=O)CCl)C(=O)N[C@@H](CCCCNC(=O)CCCC[C@H]1SC[C@H]2CC(=O)N[C@H]21)C(N)=O. The highest BCUT2D eigenvalue weighted by molar-refractivity contribution is 8.00. The number of aromatic amines is 1. The summed E-state index contributed by atoms with van der Waals surface area (Å²) in [6.45, 7) is 3.43. The average Bonchev–Trinajstić information content (AvgIpc) is 4.15. The quantitative estimate of drug-likeness (QED) is 0.0346. The van der Waals surface area contributed by atoms with Gasteiger partial charge in [0.15, 0.2) is 11.6 Å². The minimum atomic E-state index is -1.30. The number of carboxylic acids is 1. The molecule has 0 aliphatic carbocycles. The Balaban J connectivity index is 1.17. The van der Waals surface area contributed by atoms with Gasteiger partial charge in [0, 0.05) is 98.4 Å². The number of alkyl halides is 1. The number of hydrogen-bond donors (Lipinski definition) is 11. The number of piperidine rings is 1. The van der Waals surface area contributed by atoms with E-state index in [9.17, 15) is 62.6 Å². The zero-order valence-corrected chi connectivity index (χ0v) is 47.7. The number of unbranched alkanes of at least 4 members (excludes halogenated alkanes) is 2. The molecule has 3 saturated heterocycles. The maximum absolute atomic E-state index is 14.7. The predicted octanol–water partition coefficient (Wildman–Crippen LogP) is 1.73. The number of nitrogens with one attached hydrogen (secondary N) is 8. The Bertz CT molecular complexity index is 2590. The molecule has 0 bridgehead atoms. The van der Waals surface area contributed by atoms with Crippen molar-refractivity contribution in [3.8, 4) is 0 Å². The van der Waals surface area contributed by atoms with Crippen LogP contribution in [0.1, 0.15) is 129 Å². The molecule has 10 amide bonds. The van der Waals surface area contributed by atoms with E-state index >= 15 is 0 Å². The number of amides is 10. The molecule has 3 aliphatic rings. The van der Waals surface area contributed by atoms with Crippen molar-refractivity contribution in [3.05, 3.63) is 36.0 Å². The zero-order chi connectivity index (χ0) is 59.2. The number of nitrogens with two attached hydrogens (primary N) is 2. The van der Waals surface area contributed by atoms with Crippen molar-refractivity contribution in [1.82, 2.24) is 47.1 Å². The minimum absolute atomic E-state index is 0.0208. The fourth-order valence-corrected chi connectivity index (χ4v) is 12.4. The number of ketones is 2. The van der Waals surface area contributed by atoms with Gasteiger partial charge in [0.25, 0.3) is 0 Å². The Morgan fingerprint density at radius 2 is 1.54 bits per heavy atom. The van der Waals surface area contributed by atoms with Gasteiger partial charge in [-0.3, -0.25) is 52.7 Å². The van der Waals surface area contributed by atoms with E-state index in [2.05, 4.69) is 42.2 Å². The summed E-state index contributed by atoms with van der Waals surface area (Å²) in [6, 6.07) is 0.825. The monoisotopic (exact) mass is 1170 g/mol. The largest absolute Gasteiger partial charge is 0.481 e. The van der Waals surface area contributed by atoms with E-state index in [1.165, 1.54) is 18.7 Å². The van der Waals surface area contributed by atoms with Crippen LogP contribution in [0.25, 0.3) is 10.9 Å². The highest BCUT2D eigenvalue weighted by Crippen LogP contribution is 2.39. The first-order chi connectivity index (χ1) is 38.6. The molecule has 5 rings (SSSR count). The third-order valence-electron chi connectivity index (χ3n) is 15.2. The van der Waals surface area contributed by atoms with E-state index in [1.807, 2.05) is 30.0 Å². The van der Waals surface area contributed by atoms with E-state index in [0.717, 1.165) is 35.9 Å². The normalized spacial score (nSPS) is 19.8. The topological polar surface area (TPSA) is 380 Å². The van der Waals surface area contributed by atoms with E-state index in [0.29, 0.717) is 61.8 Å². The van der Waals surface area contributed by atoms with Crippen molar-refractivity contribution < 1.29 is 62.6 Å². The minimum Gasteiger partial charge on any atom is -0.481 e. The van der Waals surface area contributed by atoms with Crippen LogP contribution in [-0.2, 0) is 59.2 Å². The first kappa shape index (κ1) is 65.1. The number of thioether (sulfide) groups is 1. The van der Waals surface area contributed by atoms with Gasteiger partial charge < -0.3 is 63.7 Å². The van der Waals surface area contributed by atoms with E-state index in [1.54, 1.807) is 12.3 Å². The highest BCUT2D eigenvalue weighted by Gasteiger charge is 2.43. The number of H-pyrrole nitrogens is 1. The van der Waals surface area contributed by atoms with Crippen LogP contribution in [0.3, 0.4) is 0 Å². The first-order valence-electron chi connectivity index (χ1n) is 28.0. The number of likely N-dealkylation sites (tertiary alicyclic amines) is 1. The number of primary amides is 2. The molecule has 4 heterocycles. The number of carbonyl (C=O) groups excluding carboxylic acids is 11. The van der Waals surface area contributed by atoms with E-state index in [-0.39, 0.29) is 75.9 Å². The van der Waals surface area contributed by atoms with Crippen molar-refractivity contribution in [2.45, 2.75) is 171 Å². The lowest BCUT2D eigenvalue weighted by Crippen LogP contribution is -2.59. The number of para-hydroxylation sites is 1. The number of aliphatic carboxylic acids is 1. The van der Waals surface area contributed by atoms with Crippen LogP contribution in [0.5, 0.6) is 0 Å². The molecule has 1 aromatic heterocycles. The molecule has 10 atom stereocenters. The molecule has 0 unspecified atom stereocenters. The van der Waals surface area contributed by atoms with Crippen molar-refractivity contribution in [2.24, 2.45) is 29.2 Å². The van der Waals surface area contributed by atoms with Gasteiger partial charge in [-0.2, -0.15) is 11.8 Å². The van der Waals surface area contributed by atoms with Crippen molar-refractivity contribution >= 4 is 105 Å². The molecule has 24 nitrogen and oxygen atoms in total. The number of rotatable bonds is 35. The molecule has 2 aromatic rings. The molecule has 81 heavy (non-hydrogen) atoms. The molecular weight excluding hydrogens is 1090 g/mol. The predicted molar refractivity (Wildman–Crippen MR) is 302 cm³/mol. The molecular formula is C55H80ClN11O13S. The fraction of sp³-hybridized carbons (Fsp3) is 0.636. The fourth-order valence-electron chi connectivity index (χ4n) is 10.6. The maximum Gasteiger partial charge on any atom is 0.312 e. The summed E-state index contributed by atoms with van der Waals surface area (Å²) < 4.78 is 0. The van der Waals surface area contributed by atoms with Crippen molar-refractivity contribution in [2.75, 3.05) is 31.3 Å². The van der Waals surface area contributed by atoms with Crippen molar-refractivity contribution in [1.29, 1.82) is 0 Å². The van der Waals surface area contributed by atoms with Gasteiger partial charge in [-0.1, -0.05) is 31.5 Å². The number of nitrogens with zero attached hydrogens (tertiary/aromatic N) is 1. The summed E-state index contributed by atoms with van der Waals surface area (Å²) in [5.74, 6) is -7.63. The molecule has 3 aliphatic heterocycles. The average molecular weight is 1170 g/mol. The van der Waals surface area contributed by atoms with Crippen LogP contribution in [-0.4, -0.2) is 159 Å². The number of aromatic nitrogens is 1. The Hall–Kier alpha value is -6.76. The Morgan fingerprint density at radius 1 is 0.790 bits per heavy atom. The van der Waals surface area contributed by atoms with Gasteiger partial charge in [-0.25, -0.2) is 4.79 Å². The summed E-state index contributed by atoms with van der Waals surface area (Å²) >= 11 is 7.59. The lowest BCUT2D eigenvalue weighted by molar-refractivity contribution is -0.146. The second-order valence-electron chi connectivity index (χ2n) is 21.4. The summed E-state index contributed by atoms with van der Waals surface area (Å²) in [6.07, 6.45) is 6.22. The number of carbonyl (C=O) groups is 12. The van der Waals surface area contributed by atoms with Gasteiger partial charge in [-0.05, 0) is 101 Å². The highest BCUT2D eigenvalue weighted by atomic mass is 35.5. The second kappa shape index (κ2) is 32.6. The number of carboxylic acid groups (broad SMARTS) is 1. The van der Waals surface area contributed by atoms with E-state index in [4.69, 9.17) is 23.1 Å². The van der Waals surface area contributed by atoms with Crippen LogP contribution < -0.4 is 48.7 Å². The summed E-state index contributed by atoms with van der Waals surface area (Å²) in [7, 11) is 0.